The van der Waals surface area contributed by atoms with Gasteiger partial charge >= 0.3 is 18.4 Å². The number of alkyl halides is 3. The van der Waals surface area contributed by atoms with Crippen molar-refractivity contribution in [2.75, 3.05) is 37.2 Å². The van der Waals surface area contributed by atoms with E-state index < -0.39 is 47.2 Å². The number of fused-ring (bicyclic) bond motifs is 2. The lowest BCUT2D eigenvalue weighted by atomic mass is 9.82. The number of likely N-dealkylation sites (tertiary alicyclic amines) is 2. The van der Waals surface area contributed by atoms with Gasteiger partial charge in [-0.1, -0.05) is 29.8 Å². The topological polar surface area (TPSA) is 132 Å². The van der Waals surface area contributed by atoms with E-state index in [0.717, 1.165) is 11.6 Å². The number of benzene rings is 2. The minimum atomic E-state index is -4.78. The van der Waals surface area contributed by atoms with Crippen LogP contribution in [0.3, 0.4) is 0 Å². The van der Waals surface area contributed by atoms with E-state index in [2.05, 4.69) is 10.3 Å². The lowest BCUT2D eigenvalue weighted by molar-refractivity contribution is -0.142. The zero-order valence-electron chi connectivity index (χ0n) is 24.6. The van der Waals surface area contributed by atoms with Crippen molar-refractivity contribution in [3.63, 3.8) is 0 Å². The third-order valence-corrected chi connectivity index (χ3v) is 9.24. The van der Waals surface area contributed by atoms with Crippen LogP contribution in [0.1, 0.15) is 48.4 Å². The van der Waals surface area contributed by atoms with E-state index in [1.807, 2.05) is 22.9 Å². The van der Waals surface area contributed by atoms with Gasteiger partial charge in [-0.15, -0.1) is 0 Å². The molecule has 2 saturated heterocycles. The molecule has 0 unspecified atom stereocenters. The third kappa shape index (κ3) is 6.30. The van der Waals surface area contributed by atoms with Crippen molar-refractivity contribution in [1.82, 2.24) is 19.4 Å². The molecular weight excluding hydrogens is 629 g/mol. The first kappa shape index (κ1) is 31.5. The number of ether oxygens (including phenoxy) is 2. The van der Waals surface area contributed by atoms with Gasteiger partial charge < -0.3 is 29.6 Å². The molecule has 3 amide bonds. The van der Waals surface area contributed by atoms with Crippen molar-refractivity contribution in [2.24, 2.45) is 0 Å². The van der Waals surface area contributed by atoms with Crippen LogP contribution in [-0.2, 0) is 32.5 Å². The van der Waals surface area contributed by atoms with E-state index in [4.69, 9.17) is 26.8 Å². The van der Waals surface area contributed by atoms with E-state index in [0.29, 0.717) is 31.6 Å². The number of imidazole rings is 1. The first-order chi connectivity index (χ1) is 21.9. The first-order valence-electron chi connectivity index (χ1n) is 14.9. The van der Waals surface area contributed by atoms with Crippen LogP contribution in [0.4, 0.5) is 34.1 Å². The highest BCUT2D eigenvalue weighted by Gasteiger charge is 2.46. The van der Waals surface area contributed by atoms with E-state index in [1.54, 1.807) is 29.6 Å². The Morgan fingerprint density at radius 1 is 1.13 bits per heavy atom. The molecule has 2 aromatic carbocycles. The molecule has 244 valence electrons. The second-order valence-corrected chi connectivity index (χ2v) is 12.1. The van der Waals surface area contributed by atoms with Gasteiger partial charge in [0.25, 0.3) is 5.91 Å². The second kappa shape index (κ2) is 12.4. The molecule has 3 N–H and O–H groups in total. The summed E-state index contributed by atoms with van der Waals surface area (Å²) in [5.41, 5.74) is 4.41. The largest absolute Gasteiger partial charge is 0.438 e. The van der Waals surface area contributed by atoms with Crippen molar-refractivity contribution in [3.05, 3.63) is 76.8 Å². The Labute approximate surface area is 267 Å². The van der Waals surface area contributed by atoms with Crippen LogP contribution in [0.2, 0.25) is 5.02 Å². The van der Waals surface area contributed by atoms with Crippen molar-refractivity contribution in [3.8, 4) is 0 Å². The summed E-state index contributed by atoms with van der Waals surface area (Å²) in [7, 11) is 0. The van der Waals surface area contributed by atoms with Gasteiger partial charge in [-0.3, -0.25) is 10.1 Å². The average Bonchev–Trinajstić information content (AvgIpc) is 3.57. The molecule has 6 rings (SSSR count). The molecule has 46 heavy (non-hydrogen) atoms. The molecular formula is C31H32ClF3N6O5. The molecule has 3 aromatic rings. The minimum Gasteiger partial charge on any atom is -0.438 e. The normalized spacial score (nSPS) is 18.8. The van der Waals surface area contributed by atoms with Crippen LogP contribution in [0.15, 0.2) is 55.1 Å². The number of nitrogens with one attached hydrogen (secondary N) is 1. The highest BCUT2D eigenvalue weighted by molar-refractivity contribution is 6.33. The number of rotatable bonds is 5. The summed E-state index contributed by atoms with van der Waals surface area (Å²) in [6, 6.07) is 9.49. The molecule has 1 spiro atoms. The predicted octanol–water partition coefficient (Wildman–Crippen LogP) is 5.60. The van der Waals surface area contributed by atoms with E-state index in [9.17, 15) is 27.6 Å². The Balaban J connectivity index is 1.19. The third-order valence-electron chi connectivity index (χ3n) is 8.93. The lowest BCUT2D eigenvalue weighted by Gasteiger charge is -2.44. The Kier molecular flexibility index (Phi) is 8.49. The molecule has 3 aliphatic heterocycles. The summed E-state index contributed by atoms with van der Waals surface area (Å²) in [4.78, 5) is 46.7. The SMILES string of the molecule is Nc1c(Cl)cc(C[C@@H](OC(=O)N2CCC3(CC2)OC(=O)Nc2ccccc23)C(=O)N2CCC(n3ccnc3)CC2)cc1C(F)(F)F. The smallest absolute Gasteiger partial charge is 0.418 e. The van der Waals surface area contributed by atoms with Gasteiger partial charge in [0.2, 0.25) is 0 Å². The number of halogens is 4. The Morgan fingerprint density at radius 3 is 2.52 bits per heavy atom. The molecule has 0 radical (unpaired) electrons. The van der Waals surface area contributed by atoms with E-state index >= 15 is 0 Å². The molecule has 0 saturated carbocycles. The number of aromatic nitrogens is 2. The number of anilines is 2. The maximum Gasteiger partial charge on any atom is 0.418 e. The molecule has 11 nitrogen and oxygen atoms in total. The summed E-state index contributed by atoms with van der Waals surface area (Å²) in [6.07, 6.45) is -0.878. The number of nitrogen functional groups attached to an aromatic ring is 1. The van der Waals surface area contributed by atoms with Crippen LogP contribution in [0.5, 0.6) is 0 Å². The van der Waals surface area contributed by atoms with Crippen LogP contribution < -0.4 is 11.1 Å². The maximum atomic E-state index is 13.8. The van der Waals surface area contributed by atoms with Gasteiger partial charge in [-0.2, -0.15) is 13.2 Å². The second-order valence-electron chi connectivity index (χ2n) is 11.7. The van der Waals surface area contributed by atoms with Gasteiger partial charge in [0.15, 0.2) is 6.10 Å². The number of hydrogen-bond donors (Lipinski definition) is 2. The average molecular weight is 661 g/mol. The number of nitrogens with two attached hydrogens (primary N) is 1. The quantitative estimate of drug-likeness (QED) is 0.341. The fourth-order valence-electron chi connectivity index (χ4n) is 6.47. The van der Waals surface area contributed by atoms with E-state index in [-0.39, 0.29) is 49.0 Å². The van der Waals surface area contributed by atoms with Crippen LogP contribution >= 0.6 is 11.6 Å². The minimum absolute atomic E-state index is 0.0433. The molecule has 15 heteroatoms. The number of carbonyl (C=O) groups excluding carboxylic acids is 3. The zero-order valence-corrected chi connectivity index (χ0v) is 25.4. The lowest BCUT2D eigenvalue weighted by Crippen LogP contribution is -2.51. The molecule has 3 aliphatic rings. The van der Waals surface area contributed by atoms with Crippen molar-refractivity contribution in [1.29, 1.82) is 0 Å². The first-order valence-corrected chi connectivity index (χ1v) is 15.3. The number of nitrogens with zero attached hydrogens (tertiary/aromatic N) is 4. The Hall–Kier alpha value is -4.46. The predicted molar refractivity (Wildman–Crippen MR) is 161 cm³/mol. The summed E-state index contributed by atoms with van der Waals surface area (Å²) in [5.74, 6) is -0.520. The number of piperidine rings is 2. The monoisotopic (exact) mass is 660 g/mol. The highest BCUT2D eigenvalue weighted by Crippen LogP contribution is 2.43. The van der Waals surface area contributed by atoms with E-state index in [1.165, 1.54) is 11.0 Å². The molecule has 2 fully saturated rings. The summed E-state index contributed by atoms with van der Waals surface area (Å²) >= 11 is 6.06. The molecule has 0 bridgehead atoms. The number of carbonyl (C=O) groups is 3. The number of amides is 3. The fourth-order valence-corrected chi connectivity index (χ4v) is 6.71. The molecule has 1 aromatic heterocycles. The van der Waals surface area contributed by atoms with Crippen molar-refractivity contribution in [2.45, 2.75) is 56.0 Å². The van der Waals surface area contributed by atoms with Gasteiger partial charge in [0.1, 0.15) is 5.60 Å². The van der Waals surface area contributed by atoms with Gasteiger partial charge in [0.05, 0.1) is 28.3 Å². The molecule has 4 heterocycles. The van der Waals surface area contributed by atoms with Crippen molar-refractivity contribution < 1.29 is 37.0 Å². The standard InChI is InChI=1S/C31H32ClF3N6O5/c32-23-16-19(15-22(26(23)36)31(33,34)35)17-25(27(42)39-10-5-20(6-11-39)41-14-9-37-18-41)45-29(44)40-12-7-30(8-13-40)21-3-1-2-4-24(21)38-28(43)46-30/h1-4,9,14-16,18,20,25H,5-8,10-13,17,36H2,(H,38,43)/t25-/m1/s1. The Bertz CT molecular complexity index is 1620. The number of para-hydroxylation sites is 1. The summed E-state index contributed by atoms with van der Waals surface area (Å²) in [5, 5.41) is 2.37. The van der Waals surface area contributed by atoms with Gasteiger partial charge in [0, 0.05) is 69.4 Å². The van der Waals surface area contributed by atoms with Crippen LogP contribution in [-0.4, -0.2) is 69.7 Å². The van der Waals surface area contributed by atoms with Crippen LogP contribution in [0.25, 0.3) is 0 Å². The maximum absolute atomic E-state index is 13.8. The summed E-state index contributed by atoms with van der Waals surface area (Å²) in [6.45, 7) is 1.03. The fraction of sp³-hybridized carbons (Fsp3) is 0.419. The zero-order chi connectivity index (χ0) is 32.6. The molecule has 0 aliphatic carbocycles. The summed E-state index contributed by atoms with van der Waals surface area (Å²) < 4.78 is 54.6. The highest BCUT2D eigenvalue weighted by atomic mass is 35.5. The van der Waals surface area contributed by atoms with Gasteiger partial charge in [-0.25, -0.2) is 14.6 Å². The van der Waals surface area contributed by atoms with Gasteiger partial charge in [-0.05, 0) is 36.6 Å². The number of hydrogen-bond acceptors (Lipinski definition) is 7. The van der Waals surface area contributed by atoms with Crippen LogP contribution in [0, 0.1) is 0 Å². The Morgan fingerprint density at radius 2 is 1.85 bits per heavy atom. The molecule has 1 atom stereocenters. The van der Waals surface area contributed by atoms with Crippen molar-refractivity contribution >= 4 is 41.1 Å².